The zero-order valence-electron chi connectivity index (χ0n) is 12.0. The predicted molar refractivity (Wildman–Crippen MR) is 77.9 cm³/mol. The first-order valence-electron chi connectivity index (χ1n) is 7.14. The molecule has 1 aromatic carbocycles. The second kappa shape index (κ2) is 7.59. The number of carbonyl (C=O) groups excluding carboxylic acids is 1. The first-order chi connectivity index (χ1) is 10.6. The smallest absolute Gasteiger partial charge is 0.346 e. The van der Waals surface area contributed by atoms with Gasteiger partial charge in [-0.05, 0) is 43.5 Å². The zero-order chi connectivity index (χ0) is 15.9. The molecule has 5 nitrogen and oxygen atoms in total. The lowest BCUT2D eigenvalue weighted by atomic mass is 9.94. The van der Waals surface area contributed by atoms with E-state index in [1.165, 1.54) is 24.3 Å². The van der Waals surface area contributed by atoms with Gasteiger partial charge in [-0.15, -0.1) is 0 Å². The minimum absolute atomic E-state index is 0.120. The number of rotatable bonds is 6. The molecule has 0 aliphatic heterocycles. The van der Waals surface area contributed by atoms with Crippen LogP contribution in [0.4, 0.5) is 4.39 Å². The number of benzene rings is 1. The molecule has 2 N–H and O–H groups in total. The van der Waals surface area contributed by atoms with Crippen LogP contribution in [0.3, 0.4) is 0 Å². The summed E-state index contributed by atoms with van der Waals surface area (Å²) in [5.41, 5.74) is 0. The lowest BCUT2D eigenvalue weighted by Crippen LogP contribution is -2.42. The van der Waals surface area contributed by atoms with Gasteiger partial charge in [0, 0.05) is 5.92 Å². The van der Waals surface area contributed by atoms with Crippen molar-refractivity contribution in [2.75, 3.05) is 6.54 Å². The first kappa shape index (κ1) is 16.0. The highest BCUT2D eigenvalue weighted by Gasteiger charge is 2.23. The second-order valence-electron chi connectivity index (χ2n) is 5.13. The zero-order valence-corrected chi connectivity index (χ0v) is 12.0. The number of amides is 1. The van der Waals surface area contributed by atoms with Crippen LogP contribution in [0, 0.1) is 11.7 Å². The monoisotopic (exact) mass is 307 g/mol. The fourth-order valence-electron chi connectivity index (χ4n) is 2.23. The molecule has 0 radical (unpaired) electrons. The van der Waals surface area contributed by atoms with E-state index in [1.54, 1.807) is 0 Å². The summed E-state index contributed by atoms with van der Waals surface area (Å²) in [6, 6.07) is 5.06. The molecule has 2 unspecified atom stereocenters. The standard InChI is InChI=1S/C16H18FNO4/c17-12-6-8-13(9-7-12)22-14(16(20)21)10-18-15(19)11-4-2-1-3-5-11/h1-2,6-9,11,14H,3-5,10H2,(H,18,19)(H,20,21). The van der Waals surface area contributed by atoms with Gasteiger partial charge in [-0.25, -0.2) is 9.18 Å². The highest BCUT2D eigenvalue weighted by atomic mass is 19.1. The molecule has 22 heavy (non-hydrogen) atoms. The first-order valence-corrected chi connectivity index (χ1v) is 7.14. The molecule has 0 saturated carbocycles. The van der Waals surface area contributed by atoms with Crippen LogP contribution in [0.5, 0.6) is 5.75 Å². The molecule has 0 spiro atoms. The van der Waals surface area contributed by atoms with E-state index in [0.717, 1.165) is 12.8 Å². The minimum atomic E-state index is -1.21. The molecule has 1 aliphatic carbocycles. The Balaban J connectivity index is 1.88. The van der Waals surface area contributed by atoms with E-state index in [2.05, 4.69) is 5.32 Å². The topological polar surface area (TPSA) is 75.6 Å². The highest BCUT2D eigenvalue weighted by Crippen LogP contribution is 2.18. The molecule has 1 aliphatic rings. The van der Waals surface area contributed by atoms with Gasteiger partial charge in [-0.1, -0.05) is 12.2 Å². The number of carboxylic acids is 1. The fraction of sp³-hybridized carbons (Fsp3) is 0.375. The number of halogens is 1. The average Bonchev–Trinajstić information content (AvgIpc) is 2.53. The van der Waals surface area contributed by atoms with Crippen molar-refractivity contribution >= 4 is 11.9 Å². The normalized spacial score (nSPS) is 18.5. The van der Waals surface area contributed by atoms with Crippen LogP contribution < -0.4 is 10.1 Å². The number of aliphatic carboxylic acids is 1. The van der Waals surface area contributed by atoms with E-state index in [0.29, 0.717) is 6.42 Å². The third kappa shape index (κ3) is 4.58. The Morgan fingerprint density at radius 2 is 2.05 bits per heavy atom. The van der Waals surface area contributed by atoms with Gasteiger partial charge in [0.05, 0.1) is 6.54 Å². The largest absolute Gasteiger partial charge is 0.478 e. The number of hydrogen-bond acceptors (Lipinski definition) is 3. The Hall–Kier alpha value is -2.37. The Labute approximate surface area is 127 Å². The van der Waals surface area contributed by atoms with E-state index >= 15 is 0 Å². The molecular weight excluding hydrogens is 289 g/mol. The van der Waals surface area contributed by atoms with Crippen LogP contribution in [-0.2, 0) is 9.59 Å². The summed E-state index contributed by atoms with van der Waals surface area (Å²) in [5, 5.41) is 11.8. The molecule has 1 amide bonds. The minimum Gasteiger partial charge on any atom is -0.478 e. The van der Waals surface area contributed by atoms with E-state index in [1.807, 2.05) is 12.2 Å². The highest BCUT2D eigenvalue weighted by molar-refractivity contribution is 5.80. The van der Waals surface area contributed by atoms with Gasteiger partial charge in [-0.3, -0.25) is 4.79 Å². The molecule has 2 atom stereocenters. The van der Waals surface area contributed by atoms with Gasteiger partial charge in [0.1, 0.15) is 11.6 Å². The Kier molecular flexibility index (Phi) is 5.52. The molecule has 0 heterocycles. The number of hydrogen-bond donors (Lipinski definition) is 2. The van der Waals surface area contributed by atoms with E-state index in [9.17, 15) is 14.0 Å². The van der Waals surface area contributed by atoms with Crippen molar-refractivity contribution in [3.05, 3.63) is 42.2 Å². The third-order valence-corrected chi connectivity index (χ3v) is 3.47. The van der Waals surface area contributed by atoms with Gasteiger partial charge in [0.15, 0.2) is 0 Å². The molecule has 0 aromatic heterocycles. The fourth-order valence-corrected chi connectivity index (χ4v) is 2.23. The van der Waals surface area contributed by atoms with Crippen LogP contribution in [0.15, 0.2) is 36.4 Å². The van der Waals surface area contributed by atoms with Crippen LogP contribution in [0.25, 0.3) is 0 Å². The average molecular weight is 307 g/mol. The molecule has 0 bridgehead atoms. The predicted octanol–water partition coefficient (Wildman–Crippen LogP) is 2.13. The maximum atomic E-state index is 12.8. The van der Waals surface area contributed by atoms with Crippen molar-refractivity contribution in [1.29, 1.82) is 0 Å². The van der Waals surface area contributed by atoms with Crippen LogP contribution >= 0.6 is 0 Å². The molecule has 1 aromatic rings. The van der Waals surface area contributed by atoms with Gasteiger partial charge in [0.2, 0.25) is 12.0 Å². The molecule has 2 rings (SSSR count). The maximum absolute atomic E-state index is 12.8. The quantitative estimate of drug-likeness (QED) is 0.789. The number of carboxylic acid groups (broad SMARTS) is 1. The van der Waals surface area contributed by atoms with Crippen molar-refractivity contribution in [2.24, 2.45) is 5.92 Å². The van der Waals surface area contributed by atoms with Crippen molar-refractivity contribution < 1.29 is 23.8 Å². The molecule has 6 heteroatoms. The summed E-state index contributed by atoms with van der Waals surface area (Å²) in [6.45, 7) is -0.133. The lowest BCUT2D eigenvalue weighted by Gasteiger charge is -2.20. The summed E-state index contributed by atoms with van der Waals surface area (Å²) in [4.78, 5) is 23.2. The van der Waals surface area contributed by atoms with Crippen molar-refractivity contribution in [2.45, 2.75) is 25.4 Å². The number of carbonyl (C=O) groups is 2. The van der Waals surface area contributed by atoms with Gasteiger partial charge in [-0.2, -0.15) is 0 Å². The molecule has 0 fully saturated rings. The van der Waals surface area contributed by atoms with Crippen molar-refractivity contribution in [3.8, 4) is 5.75 Å². The molecular formula is C16H18FNO4. The van der Waals surface area contributed by atoms with Gasteiger partial charge in [0.25, 0.3) is 0 Å². The Bertz CT molecular complexity index is 556. The van der Waals surface area contributed by atoms with E-state index in [4.69, 9.17) is 9.84 Å². The summed E-state index contributed by atoms with van der Waals surface area (Å²) in [7, 11) is 0. The van der Waals surface area contributed by atoms with Gasteiger partial charge >= 0.3 is 5.97 Å². The summed E-state index contributed by atoms with van der Waals surface area (Å²) in [6.07, 6.45) is 5.06. The summed E-state index contributed by atoms with van der Waals surface area (Å²) < 4.78 is 18.1. The van der Waals surface area contributed by atoms with Crippen LogP contribution in [0.1, 0.15) is 19.3 Å². The van der Waals surface area contributed by atoms with Crippen molar-refractivity contribution in [3.63, 3.8) is 0 Å². The van der Waals surface area contributed by atoms with Crippen LogP contribution in [0.2, 0.25) is 0 Å². The SMILES string of the molecule is O=C(NCC(Oc1ccc(F)cc1)C(=O)O)C1CC=CCC1. The summed E-state index contributed by atoms with van der Waals surface area (Å²) in [5.74, 6) is -1.67. The molecule has 118 valence electrons. The van der Waals surface area contributed by atoms with E-state index in [-0.39, 0.29) is 24.1 Å². The van der Waals surface area contributed by atoms with E-state index < -0.39 is 17.9 Å². The summed E-state index contributed by atoms with van der Waals surface area (Å²) >= 11 is 0. The Morgan fingerprint density at radius 1 is 1.32 bits per heavy atom. The Morgan fingerprint density at radius 3 is 2.64 bits per heavy atom. The second-order valence-corrected chi connectivity index (χ2v) is 5.13. The van der Waals surface area contributed by atoms with Crippen molar-refractivity contribution in [1.82, 2.24) is 5.32 Å². The van der Waals surface area contributed by atoms with Crippen LogP contribution in [-0.4, -0.2) is 29.6 Å². The number of nitrogens with one attached hydrogen (secondary N) is 1. The molecule has 0 saturated heterocycles. The maximum Gasteiger partial charge on any atom is 0.346 e. The number of allylic oxidation sites excluding steroid dienone is 2. The third-order valence-electron chi connectivity index (χ3n) is 3.47. The number of ether oxygens (including phenoxy) is 1. The lowest BCUT2D eigenvalue weighted by molar-refractivity contribution is -0.145. The van der Waals surface area contributed by atoms with Gasteiger partial charge < -0.3 is 15.2 Å².